The van der Waals surface area contributed by atoms with Gasteiger partial charge in [-0.15, -0.1) is 0 Å². The fourth-order valence-electron chi connectivity index (χ4n) is 3.41. The molecule has 0 radical (unpaired) electrons. The highest BCUT2D eigenvalue weighted by Crippen LogP contribution is 2.14. The fourth-order valence-corrected chi connectivity index (χ4v) is 3.41. The minimum atomic E-state index is -0.386. The Morgan fingerprint density at radius 3 is 2.83 bits per heavy atom. The third-order valence-electron chi connectivity index (χ3n) is 4.76. The van der Waals surface area contributed by atoms with E-state index in [2.05, 4.69) is 38.3 Å². The summed E-state index contributed by atoms with van der Waals surface area (Å²) < 4.78 is 3.99. The van der Waals surface area contributed by atoms with Crippen LogP contribution in [0.5, 0.6) is 0 Å². The maximum Gasteiger partial charge on any atom is 0.122 e. The number of aryl methyl sites for hydroxylation is 1. The molecule has 3 rings (SSSR count). The van der Waals surface area contributed by atoms with Crippen molar-refractivity contribution in [2.24, 2.45) is 0 Å². The Hall–Kier alpha value is -1.70. The molecule has 0 bridgehead atoms. The van der Waals surface area contributed by atoms with E-state index in [1.54, 1.807) is 10.9 Å². The molecule has 7 heteroatoms. The summed E-state index contributed by atoms with van der Waals surface area (Å²) in [6.07, 6.45) is 7.17. The van der Waals surface area contributed by atoms with Crippen molar-refractivity contribution in [2.75, 3.05) is 26.2 Å². The van der Waals surface area contributed by atoms with Crippen LogP contribution in [0.25, 0.3) is 0 Å². The van der Waals surface area contributed by atoms with Crippen LogP contribution in [0.3, 0.4) is 0 Å². The van der Waals surface area contributed by atoms with E-state index in [-0.39, 0.29) is 6.10 Å². The number of piperazine rings is 1. The average Bonchev–Trinajstić information content (AvgIpc) is 3.21. The minimum absolute atomic E-state index is 0.386. The summed E-state index contributed by atoms with van der Waals surface area (Å²) in [5.74, 6) is 1.14. The summed E-state index contributed by atoms with van der Waals surface area (Å²) >= 11 is 0. The zero-order chi connectivity index (χ0) is 16.9. The molecule has 1 aliphatic heterocycles. The van der Waals surface area contributed by atoms with Crippen molar-refractivity contribution in [3.05, 3.63) is 36.7 Å². The number of β-amino-alcohol motifs (C(OH)–C–C–N with tert-alkyl or cyclic N) is 1. The van der Waals surface area contributed by atoms with E-state index < -0.39 is 0 Å². The topological polar surface area (TPSA) is 62.4 Å². The summed E-state index contributed by atoms with van der Waals surface area (Å²) in [6, 6.07) is 2.34. The van der Waals surface area contributed by atoms with Crippen LogP contribution in [0.15, 0.2) is 30.9 Å². The van der Waals surface area contributed by atoms with Crippen LogP contribution in [-0.2, 0) is 19.6 Å². The Balaban J connectivity index is 1.48. The van der Waals surface area contributed by atoms with Gasteiger partial charge in [0.05, 0.1) is 19.2 Å². The molecule has 0 spiro atoms. The Morgan fingerprint density at radius 2 is 2.12 bits per heavy atom. The molecule has 2 aromatic heterocycles. The molecule has 0 aliphatic carbocycles. The summed E-state index contributed by atoms with van der Waals surface area (Å²) in [6.45, 7) is 10.5. The summed E-state index contributed by atoms with van der Waals surface area (Å²) in [5.41, 5.74) is 0. The molecule has 1 fully saturated rings. The van der Waals surface area contributed by atoms with E-state index in [0.29, 0.717) is 19.1 Å². The second-order valence-corrected chi connectivity index (χ2v) is 6.59. The van der Waals surface area contributed by atoms with E-state index in [9.17, 15) is 5.11 Å². The molecule has 24 heavy (non-hydrogen) atoms. The summed E-state index contributed by atoms with van der Waals surface area (Å²) in [5, 5.41) is 14.4. The lowest BCUT2D eigenvalue weighted by atomic mass is 10.1. The lowest BCUT2D eigenvalue weighted by Crippen LogP contribution is -2.53. The van der Waals surface area contributed by atoms with E-state index in [0.717, 1.165) is 38.5 Å². The van der Waals surface area contributed by atoms with Crippen LogP contribution in [0.1, 0.15) is 19.7 Å². The number of aromatic nitrogens is 4. The molecule has 132 valence electrons. The monoisotopic (exact) mass is 332 g/mol. The molecule has 0 aromatic carbocycles. The van der Waals surface area contributed by atoms with Crippen LogP contribution in [0.4, 0.5) is 0 Å². The van der Waals surface area contributed by atoms with Gasteiger partial charge in [-0.05, 0) is 19.9 Å². The quantitative estimate of drug-likeness (QED) is 0.807. The number of imidazole rings is 1. The smallest absolute Gasteiger partial charge is 0.122 e. The molecule has 7 nitrogen and oxygen atoms in total. The average molecular weight is 332 g/mol. The van der Waals surface area contributed by atoms with Crippen molar-refractivity contribution in [1.29, 1.82) is 0 Å². The molecule has 3 heterocycles. The fraction of sp³-hybridized carbons (Fsp3) is 0.647. The van der Waals surface area contributed by atoms with Gasteiger partial charge in [0.2, 0.25) is 0 Å². The molecule has 0 saturated carbocycles. The number of hydrogen-bond donors (Lipinski definition) is 1. The summed E-state index contributed by atoms with van der Waals surface area (Å²) in [4.78, 5) is 9.31. The highest BCUT2D eigenvalue weighted by molar-refractivity contribution is 4.94. The Bertz CT molecular complexity index is 610. The van der Waals surface area contributed by atoms with Gasteiger partial charge >= 0.3 is 0 Å². The lowest BCUT2D eigenvalue weighted by Gasteiger charge is -2.40. The Labute approximate surface area is 143 Å². The van der Waals surface area contributed by atoms with Gasteiger partial charge in [0.15, 0.2) is 0 Å². The van der Waals surface area contributed by atoms with E-state index in [4.69, 9.17) is 0 Å². The third-order valence-corrected chi connectivity index (χ3v) is 4.76. The predicted molar refractivity (Wildman–Crippen MR) is 92.4 cm³/mol. The first-order valence-corrected chi connectivity index (χ1v) is 8.77. The highest BCUT2D eigenvalue weighted by Gasteiger charge is 2.26. The van der Waals surface area contributed by atoms with Gasteiger partial charge < -0.3 is 9.67 Å². The van der Waals surface area contributed by atoms with Crippen molar-refractivity contribution in [3.63, 3.8) is 0 Å². The van der Waals surface area contributed by atoms with Gasteiger partial charge in [0.1, 0.15) is 5.82 Å². The second-order valence-electron chi connectivity index (χ2n) is 6.59. The zero-order valence-electron chi connectivity index (χ0n) is 14.6. The standard InChI is InChI=1S/C17H28N6O/c1-3-21-8-6-18-17(21)14-22-10-9-20(11-15(22)2)12-16(24)13-23-7-4-5-19-23/h4-8,15-16,24H,3,9-14H2,1-2H3/t15-,16+/m1/s1. The highest BCUT2D eigenvalue weighted by atomic mass is 16.3. The molecular weight excluding hydrogens is 304 g/mol. The third kappa shape index (κ3) is 4.23. The molecular formula is C17H28N6O. The maximum atomic E-state index is 10.3. The molecule has 1 N–H and O–H groups in total. The molecule has 0 unspecified atom stereocenters. The summed E-state index contributed by atoms with van der Waals surface area (Å²) in [7, 11) is 0. The Kier molecular flexibility index (Phi) is 5.65. The van der Waals surface area contributed by atoms with Gasteiger partial charge in [-0.25, -0.2) is 4.98 Å². The minimum Gasteiger partial charge on any atom is -0.390 e. The largest absolute Gasteiger partial charge is 0.390 e. The SMILES string of the molecule is CCn1ccnc1CN1CCN(C[C@H](O)Cn2cccn2)C[C@H]1C. The van der Waals surface area contributed by atoms with E-state index >= 15 is 0 Å². The zero-order valence-corrected chi connectivity index (χ0v) is 14.6. The first-order chi connectivity index (χ1) is 11.7. The van der Waals surface area contributed by atoms with E-state index in [1.807, 2.05) is 24.7 Å². The van der Waals surface area contributed by atoms with Gasteiger partial charge in [0.25, 0.3) is 0 Å². The lowest BCUT2D eigenvalue weighted by molar-refractivity contribution is 0.0344. The second kappa shape index (κ2) is 7.92. The number of hydrogen-bond acceptors (Lipinski definition) is 5. The number of aliphatic hydroxyl groups excluding tert-OH is 1. The normalized spacial score (nSPS) is 21.2. The van der Waals surface area contributed by atoms with Gasteiger partial charge in [-0.2, -0.15) is 5.10 Å². The van der Waals surface area contributed by atoms with Crippen molar-refractivity contribution < 1.29 is 5.11 Å². The van der Waals surface area contributed by atoms with Crippen LogP contribution >= 0.6 is 0 Å². The van der Waals surface area contributed by atoms with Crippen molar-refractivity contribution in [3.8, 4) is 0 Å². The molecule has 2 aromatic rings. The Morgan fingerprint density at radius 1 is 1.25 bits per heavy atom. The van der Waals surface area contributed by atoms with Gasteiger partial charge in [0, 0.05) is 63.6 Å². The van der Waals surface area contributed by atoms with Gasteiger partial charge in [-0.3, -0.25) is 14.5 Å². The maximum absolute atomic E-state index is 10.3. The van der Waals surface area contributed by atoms with Crippen LogP contribution in [-0.4, -0.2) is 72.6 Å². The van der Waals surface area contributed by atoms with Crippen LogP contribution in [0.2, 0.25) is 0 Å². The molecule has 1 aliphatic rings. The van der Waals surface area contributed by atoms with Crippen molar-refractivity contribution >= 4 is 0 Å². The van der Waals surface area contributed by atoms with Crippen LogP contribution in [0, 0.1) is 0 Å². The molecule has 1 saturated heterocycles. The van der Waals surface area contributed by atoms with Gasteiger partial charge in [-0.1, -0.05) is 0 Å². The number of rotatable bonds is 7. The van der Waals surface area contributed by atoms with Crippen molar-refractivity contribution in [2.45, 2.75) is 45.6 Å². The number of nitrogens with zero attached hydrogens (tertiary/aromatic N) is 6. The van der Waals surface area contributed by atoms with Crippen molar-refractivity contribution in [1.82, 2.24) is 29.1 Å². The number of aliphatic hydroxyl groups is 1. The molecule has 0 amide bonds. The van der Waals surface area contributed by atoms with Crippen LogP contribution < -0.4 is 0 Å². The first kappa shape index (κ1) is 17.1. The molecule has 2 atom stereocenters. The van der Waals surface area contributed by atoms with E-state index in [1.165, 1.54) is 0 Å². The first-order valence-electron chi connectivity index (χ1n) is 8.77. The predicted octanol–water partition coefficient (Wildman–Crippen LogP) is 0.667.